The van der Waals surface area contributed by atoms with Gasteiger partial charge in [0.1, 0.15) is 12.3 Å². The van der Waals surface area contributed by atoms with Crippen LogP contribution in [0.3, 0.4) is 0 Å². The molecule has 0 bridgehead atoms. The smallest absolute Gasteiger partial charge is 0.333 e. The molecule has 9 nitrogen and oxygen atoms in total. The van der Waals surface area contributed by atoms with Gasteiger partial charge in [0.25, 0.3) is 0 Å². The lowest BCUT2D eigenvalue weighted by Gasteiger charge is -2.17. The van der Waals surface area contributed by atoms with Crippen LogP contribution in [0.2, 0.25) is 5.02 Å². The Hall–Kier alpha value is -3.59. The monoisotopic (exact) mass is 427 g/mol. The maximum atomic E-state index is 12.5. The van der Waals surface area contributed by atoms with E-state index < -0.39 is 23.6 Å². The average Bonchev–Trinajstić information content (AvgIpc) is 3.16. The molecule has 0 saturated carbocycles. The quantitative estimate of drug-likeness (QED) is 0.624. The van der Waals surface area contributed by atoms with Crippen molar-refractivity contribution in [1.29, 1.82) is 0 Å². The molecule has 4 rings (SSSR count). The third kappa shape index (κ3) is 3.67. The molecule has 154 valence electrons. The van der Waals surface area contributed by atoms with Gasteiger partial charge >= 0.3 is 11.1 Å². The van der Waals surface area contributed by atoms with Gasteiger partial charge in [0.05, 0.1) is 12.8 Å². The molecule has 0 aliphatic carbocycles. The van der Waals surface area contributed by atoms with E-state index in [0.717, 1.165) is 10.4 Å². The van der Waals surface area contributed by atoms with Gasteiger partial charge in [-0.25, -0.2) is 4.68 Å². The van der Waals surface area contributed by atoms with Crippen LogP contribution >= 0.6 is 11.6 Å². The van der Waals surface area contributed by atoms with Crippen molar-refractivity contribution in [3.8, 4) is 5.75 Å². The van der Waals surface area contributed by atoms with Gasteiger partial charge in [0.2, 0.25) is 11.9 Å². The van der Waals surface area contributed by atoms with Gasteiger partial charge in [-0.1, -0.05) is 29.8 Å². The Morgan fingerprint density at radius 1 is 1.13 bits per heavy atom. The second kappa shape index (κ2) is 8.03. The maximum absolute atomic E-state index is 12.5. The minimum Gasteiger partial charge on any atom is -0.495 e. The molecular formula is C20H18ClN5O4. The molecule has 1 N–H and O–H groups in total. The molecule has 0 unspecified atom stereocenters. The molecule has 1 aliphatic rings. The average molecular weight is 428 g/mol. The minimum atomic E-state index is -0.859. The highest BCUT2D eigenvalue weighted by Gasteiger charge is 2.26. The van der Waals surface area contributed by atoms with Crippen LogP contribution in [-0.4, -0.2) is 33.9 Å². The number of halogens is 1. The summed E-state index contributed by atoms with van der Waals surface area (Å²) in [4.78, 5) is 39.4. The number of hydrogen-bond acceptors (Lipinski definition) is 6. The summed E-state index contributed by atoms with van der Waals surface area (Å²) in [5.41, 5.74) is -0.380. The van der Waals surface area contributed by atoms with Gasteiger partial charge in [-0.3, -0.25) is 19.0 Å². The van der Waals surface area contributed by atoms with Crippen molar-refractivity contribution in [3.05, 3.63) is 74.3 Å². The Balaban J connectivity index is 1.64. The van der Waals surface area contributed by atoms with Crippen molar-refractivity contribution in [2.24, 2.45) is 0 Å². The third-order valence-electron chi connectivity index (χ3n) is 4.70. The number of para-hydroxylation sites is 1. The Kier molecular flexibility index (Phi) is 5.28. The molecule has 30 heavy (non-hydrogen) atoms. The molecule has 2 aromatic carbocycles. The summed E-state index contributed by atoms with van der Waals surface area (Å²) >= 11 is 5.98. The van der Waals surface area contributed by atoms with Crippen LogP contribution in [0.5, 0.6) is 5.75 Å². The van der Waals surface area contributed by atoms with Crippen LogP contribution in [0.15, 0.2) is 58.1 Å². The van der Waals surface area contributed by atoms with Gasteiger partial charge < -0.3 is 15.0 Å². The Bertz CT molecular complexity index is 1220. The van der Waals surface area contributed by atoms with Crippen molar-refractivity contribution in [2.45, 2.75) is 13.1 Å². The molecule has 0 fully saturated rings. The summed E-state index contributed by atoms with van der Waals surface area (Å²) < 4.78 is 7.40. The van der Waals surface area contributed by atoms with E-state index in [-0.39, 0.29) is 0 Å². The fourth-order valence-corrected chi connectivity index (χ4v) is 3.46. The summed E-state index contributed by atoms with van der Waals surface area (Å²) in [5, 5.41) is 7.34. The zero-order valence-corrected chi connectivity index (χ0v) is 16.8. The van der Waals surface area contributed by atoms with Crippen LogP contribution in [0.25, 0.3) is 0 Å². The second-order valence-corrected chi connectivity index (χ2v) is 7.04. The second-order valence-electron chi connectivity index (χ2n) is 6.60. The molecule has 0 saturated heterocycles. The maximum Gasteiger partial charge on any atom is 0.333 e. The third-order valence-corrected chi connectivity index (χ3v) is 4.93. The first-order valence-electron chi connectivity index (χ1n) is 9.16. The molecule has 2 heterocycles. The van der Waals surface area contributed by atoms with Crippen molar-refractivity contribution in [3.63, 3.8) is 0 Å². The number of nitrogens with one attached hydrogen (secondary N) is 1. The van der Waals surface area contributed by atoms with Crippen LogP contribution < -0.4 is 26.1 Å². The summed E-state index contributed by atoms with van der Waals surface area (Å²) in [6.07, 6.45) is 0. The van der Waals surface area contributed by atoms with E-state index >= 15 is 0 Å². The minimum absolute atomic E-state index is 0.318. The first kappa shape index (κ1) is 19.7. The van der Waals surface area contributed by atoms with Gasteiger partial charge in [-0.05, 0) is 30.3 Å². The number of nitrogens with zero attached hydrogens (tertiary/aromatic N) is 4. The first-order chi connectivity index (χ1) is 14.5. The zero-order chi connectivity index (χ0) is 21.3. The van der Waals surface area contributed by atoms with E-state index in [1.807, 2.05) is 35.2 Å². The number of ether oxygens (including phenoxy) is 1. The van der Waals surface area contributed by atoms with Crippen LogP contribution in [-0.2, 0) is 17.9 Å². The normalized spacial score (nSPS) is 12.5. The Morgan fingerprint density at radius 3 is 2.63 bits per heavy atom. The van der Waals surface area contributed by atoms with Gasteiger partial charge in [-0.15, -0.1) is 5.10 Å². The van der Waals surface area contributed by atoms with E-state index in [1.165, 1.54) is 17.7 Å². The van der Waals surface area contributed by atoms with E-state index in [2.05, 4.69) is 10.4 Å². The summed E-state index contributed by atoms with van der Waals surface area (Å²) in [5.74, 6) is 0.190. The van der Waals surface area contributed by atoms with Gasteiger partial charge in [-0.2, -0.15) is 0 Å². The summed E-state index contributed by atoms with van der Waals surface area (Å²) in [6.45, 7) is 0.417. The largest absolute Gasteiger partial charge is 0.495 e. The first-order valence-corrected chi connectivity index (χ1v) is 9.53. The van der Waals surface area contributed by atoms with E-state index in [1.54, 1.807) is 12.1 Å². The predicted octanol–water partition coefficient (Wildman–Crippen LogP) is 1.86. The number of hydrogen-bond donors (Lipinski definition) is 1. The number of methoxy groups -OCH3 is 1. The molecule has 1 aromatic heterocycles. The molecule has 0 spiro atoms. The van der Waals surface area contributed by atoms with E-state index in [9.17, 15) is 14.4 Å². The molecular weight excluding hydrogens is 410 g/mol. The van der Waals surface area contributed by atoms with E-state index in [0.29, 0.717) is 35.5 Å². The lowest BCUT2D eigenvalue weighted by atomic mass is 10.3. The Morgan fingerprint density at radius 2 is 1.90 bits per heavy atom. The molecule has 0 radical (unpaired) electrons. The lowest BCUT2D eigenvalue weighted by molar-refractivity contribution is -0.117. The standard InChI is InChI=1S/C20H18ClN5O4/c1-30-16-8-7-13(21)11-15(16)22-17(27)12-26-19(29)18(28)25-10-9-24(20(25)23-26)14-5-3-2-4-6-14/h2-8,11H,9-10,12H2,1H3,(H,22,27). The highest BCUT2D eigenvalue weighted by Crippen LogP contribution is 2.28. The van der Waals surface area contributed by atoms with E-state index in [4.69, 9.17) is 16.3 Å². The van der Waals surface area contributed by atoms with Gasteiger partial charge in [0.15, 0.2) is 0 Å². The molecule has 1 amide bonds. The number of benzene rings is 2. The topological polar surface area (TPSA) is 98.5 Å². The number of carbonyl (C=O) groups excluding carboxylic acids is 1. The molecule has 0 atom stereocenters. The number of amides is 1. The number of anilines is 3. The molecule has 3 aromatic rings. The predicted molar refractivity (Wildman–Crippen MR) is 113 cm³/mol. The van der Waals surface area contributed by atoms with Crippen molar-refractivity contribution >= 4 is 34.8 Å². The van der Waals surface area contributed by atoms with Crippen molar-refractivity contribution in [1.82, 2.24) is 14.3 Å². The molecule has 10 heteroatoms. The van der Waals surface area contributed by atoms with Crippen molar-refractivity contribution in [2.75, 3.05) is 23.9 Å². The highest BCUT2D eigenvalue weighted by molar-refractivity contribution is 6.31. The fraction of sp³-hybridized carbons (Fsp3) is 0.200. The SMILES string of the molecule is COc1ccc(Cl)cc1NC(=O)Cn1nc2n(c(=O)c1=O)CCN2c1ccccc1. The van der Waals surface area contributed by atoms with Crippen LogP contribution in [0.4, 0.5) is 17.3 Å². The number of aromatic nitrogens is 3. The van der Waals surface area contributed by atoms with Gasteiger partial charge in [0, 0.05) is 23.8 Å². The summed E-state index contributed by atoms with van der Waals surface area (Å²) in [7, 11) is 1.46. The lowest BCUT2D eigenvalue weighted by Crippen LogP contribution is -2.44. The van der Waals surface area contributed by atoms with Crippen LogP contribution in [0.1, 0.15) is 0 Å². The molecule has 1 aliphatic heterocycles. The van der Waals surface area contributed by atoms with Crippen molar-refractivity contribution < 1.29 is 9.53 Å². The van der Waals surface area contributed by atoms with Crippen LogP contribution in [0, 0.1) is 0 Å². The Labute approximate surface area is 176 Å². The number of rotatable bonds is 5. The summed E-state index contributed by atoms with van der Waals surface area (Å²) in [6, 6.07) is 14.2. The fourth-order valence-electron chi connectivity index (χ4n) is 3.29. The highest BCUT2D eigenvalue weighted by atomic mass is 35.5. The zero-order valence-electron chi connectivity index (χ0n) is 16.0. The number of carbonyl (C=O) groups is 1. The number of fused-ring (bicyclic) bond motifs is 1.